The van der Waals surface area contributed by atoms with Gasteiger partial charge >= 0.3 is 0 Å². The SMILES string of the molecule is C[C@@H](Sc1nnc(C2CC2)n1N)C(=O)Nc1c(Cl)cc(Cl)cc1Cl. The van der Waals surface area contributed by atoms with Crippen LogP contribution < -0.4 is 11.2 Å². The first-order valence-electron chi connectivity index (χ1n) is 7.19. The van der Waals surface area contributed by atoms with Crippen molar-refractivity contribution in [2.45, 2.75) is 36.1 Å². The second-order valence-corrected chi connectivity index (χ2v) is 8.04. The summed E-state index contributed by atoms with van der Waals surface area (Å²) in [4.78, 5) is 12.4. The van der Waals surface area contributed by atoms with E-state index in [9.17, 15) is 4.79 Å². The maximum atomic E-state index is 12.4. The van der Waals surface area contributed by atoms with E-state index in [1.165, 1.54) is 28.6 Å². The van der Waals surface area contributed by atoms with Gasteiger partial charge in [0.1, 0.15) is 0 Å². The van der Waals surface area contributed by atoms with Crippen LogP contribution in [0.3, 0.4) is 0 Å². The van der Waals surface area contributed by atoms with Crippen molar-refractivity contribution in [1.82, 2.24) is 14.9 Å². The smallest absolute Gasteiger partial charge is 0.237 e. The average Bonchev–Trinajstić information content (AvgIpc) is 3.28. The fourth-order valence-corrected chi connectivity index (χ4v) is 3.78. The molecule has 0 radical (unpaired) electrons. The van der Waals surface area contributed by atoms with Gasteiger partial charge in [-0.3, -0.25) is 4.79 Å². The molecule has 0 unspecified atom stereocenters. The predicted molar refractivity (Wildman–Crippen MR) is 97.6 cm³/mol. The molecule has 6 nitrogen and oxygen atoms in total. The van der Waals surface area contributed by atoms with Gasteiger partial charge in [-0.15, -0.1) is 10.2 Å². The molecule has 1 fully saturated rings. The number of anilines is 1. The highest BCUT2D eigenvalue weighted by molar-refractivity contribution is 8.00. The molecule has 0 bridgehead atoms. The summed E-state index contributed by atoms with van der Waals surface area (Å²) in [5.41, 5.74) is 0.327. The van der Waals surface area contributed by atoms with E-state index >= 15 is 0 Å². The van der Waals surface area contributed by atoms with Gasteiger partial charge in [-0.2, -0.15) is 0 Å². The molecular formula is C14H14Cl3N5OS. The number of carbonyl (C=O) groups excluding carboxylic acids is 1. The van der Waals surface area contributed by atoms with Gasteiger partial charge in [0.05, 0.1) is 21.0 Å². The lowest BCUT2D eigenvalue weighted by Gasteiger charge is -2.14. The van der Waals surface area contributed by atoms with Gasteiger partial charge in [-0.1, -0.05) is 46.6 Å². The van der Waals surface area contributed by atoms with E-state index in [1.807, 2.05) is 0 Å². The number of rotatable bonds is 5. The van der Waals surface area contributed by atoms with Crippen molar-refractivity contribution in [3.8, 4) is 0 Å². The third-order valence-corrected chi connectivity index (χ3v) is 5.41. The molecule has 3 N–H and O–H groups in total. The molecule has 0 spiro atoms. The van der Waals surface area contributed by atoms with Crippen LogP contribution >= 0.6 is 46.6 Å². The van der Waals surface area contributed by atoms with E-state index in [4.69, 9.17) is 40.6 Å². The van der Waals surface area contributed by atoms with Crippen LogP contribution in [0.15, 0.2) is 17.3 Å². The summed E-state index contributed by atoms with van der Waals surface area (Å²) in [6.07, 6.45) is 2.15. The first-order valence-corrected chi connectivity index (χ1v) is 9.20. The number of amides is 1. The number of hydrogen-bond acceptors (Lipinski definition) is 5. The summed E-state index contributed by atoms with van der Waals surface area (Å²) < 4.78 is 1.45. The lowest BCUT2D eigenvalue weighted by Crippen LogP contribution is -2.24. The molecule has 1 aliphatic carbocycles. The summed E-state index contributed by atoms with van der Waals surface area (Å²) in [5, 5.41) is 11.8. The molecule has 10 heteroatoms. The first-order chi connectivity index (χ1) is 11.4. The highest BCUT2D eigenvalue weighted by atomic mass is 35.5. The molecule has 24 heavy (non-hydrogen) atoms. The van der Waals surface area contributed by atoms with Gasteiger partial charge in [-0.25, -0.2) is 4.68 Å². The minimum atomic E-state index is -0.466. The molecule has 2 aromatic rings. The second kappa shape index (κ2) is 7.00. The summed E-state index contributed by atoms with van der Waals surface area (Å²) in [6.45, 7) is 1.74. The van der Waals surface area contributed by atoms with Crippen LogP contribution in [0.1, 0.15) is 31.5 Å². The molecule has 1 aromatic heterocycles. The van der Waals surface area contributed by atoms with Crippen LogP contribution in [0.5, 0.6) is 0 Å². The second-order valence-electron chi connectivity index (χ2n) is 5.48. The van der Waals surface area contributed by atoms with Crippen LogP contribution in [0.4, 0.5) is 5.69 Å². The van der Waals surface area contributed by atoms with Gasteiger partial charge in [0.15, 0.2) is 5.82 Å². The number of halogens is 3. The van der Waals surface area contributed by atoms with E-state index in [0.717, 1.165) is 18.7 Å². The number of nitrogens with two attached hydrogens (primary N) is 1. The number of thioether (sulfide) groups is 1. The van der Waals surface area contributed by atoms with Crippen molar-refractivity contribution in [2.24, 2.45) is 0 Å². The highest BCUT2D eigenvalue weighted by Gasteiger charge is 2.30. The zero-order valence-electron chi connectivity index (χ0n) is 12.6. The van der Waals surface area contributed by atoms with Crippen molar-refractivity contribution < 1.29 is 4.79 Å². The Morgan fingerprint density at radius 3 is 2.54 bits per heavy atom. The Morgan fingerprint density at radius 1 is 1.33 bits per heavy atom. The number of carbonyl (C=O) groups is 1. The molecule has 1 aromatic carbocycles. The third-order valence-electron chi connectivity index (χ3n) is 3.54. The molecule has 1 heterocycles. The Morgan fingerprint density at radius 2 is 1.96 bits per heavy atom. The van der Waals surface area contributed by atoms with Crippen LogP contribution in [0.2, 0.25) is 15.1 Å². The van der Waals surface area contributed by atoms with Crippen LogP contribution in [-0.4, -0.2) is 26.0 Å². The molecule has 1 aliphatic rings. The van der Waals surface area contributed by atoms with Crippen LogP contribution in [0.25, 0.3) is 0 Å². The minimum absolute atomic E-state index is 0.274. The molecule has 1 amide bonds. The van der Waals surface area contributed by atoms with Gasteiger partial charge < -0.3 is 11.2 Å². The predicted octanol–water partition coefficient (Wildman–Crippen LogP) is 3.95. The standard InChI is InChI=1S/C14H14Cl3N5OS/c1-6(24-14-21-20-12(22(14)18)7-2-3-7)13(23)19-11-9(16)4-8(15)5-10(11)17/h4-7H,2-3,18H2,1H3,(H,19,23)/t6-/m1/s1. The zero-order chi connectivity index (χ0) is 17.4. The summed E-state index contributed by atoms with van der Waals surface area (Å²) in [5.74, 6) is 6.86. The third kappa shape index (κ3) is 3.74. The normalized spacial score (nSPS) is 15.3. The number of nitrogens with zero attached hydrogens (tertiary/aromatic N) is 3. The Bertz CT molecular complexity index is 770. The highest BCUT2D eigenvalue weighted by Crippen LogP contribution is 2.39. The van der Waals surface area contributed by atoms with E-state index < -0.39 is 5.25 Å². The molecule has 1 saturated carbocycles. The van der Waals surface area contributed by atoms with Crippen molar-refractivity contribution in [3.63, 3.8) is 0 Å². The lowest BCUT2D eigenvalue weighted by molar-refractivity contribution is -0.115. The zero-order valence-corrected chi connectivity index (χ0v) is 15.7. The fourth-order valence-electron chi connectivity index (χ4n) is 2.09. The van der Waals surface area contributed by atoms with Crippen molar-refractivity contribution in [3.05, 3.63) is 33.0 Å². The largest absolute Gasteiger partial charge is 0.336 e. The number of hydrogen-bond donors (Lipinski definition) is 2. The van der Waals surface area contributed by atoms with Crippen LogP contribution in [0, 0.1) is 0 Å². The van der Waals surface area contributed by atoms with E-state index in [-0.39, 0.29) is 16.0 Å². The number of aromatic nitrogens is 3. The average molecular weight is 407 g/mol. The van der Waals surface area contributed by atoms with E-state index in [0.29, 0.717) is 21.8 Å². The monoisotopic (exact) mass is 405 g/mol. The lowest BCUT2D eigenvalue weighted by atomic mass is 10.3. The van der Waals surface area contributed by atoms with Crippen molar-refractivity contribution >= 4 is 58.2 Å². The molecular weight excluding hydrogens is 393 g/mol. The van der Waals surface area contributed by atoms with Crippen LogP contribution in [-0.2, 0) is 4.79 Å². The van der Waals surface area contributed by atoms with Gasteiger partial charge in [0, 0.05) is 10.9 Å². The van der Waals surface area contributed by atoms with Gasteiger partial charge in [0.2, 0.25) is 11.1 Å². The number of nitrogen functional groups attached to an aromatic ring is 1. The topological polar surface area (TPSA) is 85.8 Å². The maximum Gasteiger partial charge on any atom is 0.237 e. The van der Waals surface area contributed by atoms with Crippen molar-refractivity contribution in [2.75, 3.05) is 11.2 Å². The summed E-state index contributed by atoms with van der Waals surface area (Å²) in [6, 6.07) is 3.03. The Kier molecular flexibility index (Phi) is 5.15. The van der Waals surface area contributed by atoms with E-state index in [2.05, 4.69) is 15.5 Å². The molecule has 1 atom stereocenters. The maximum absolute atomic E-state index is 12.4. The quantitative estimate of drug-likeness (QED) is 0.580. The first kappa shape index (κ1) is 17.7. The Hall–Kier alpha value is -1.15. The number of nitrogens with one attached hydrogen (secondary N) is 1. The summed E-state index contributed by atoms with van der Waals surface area (Å²) >= 11 is 19.2. The molecule has 0 saturated heterocycles. The molecule has 0 aliphatic heterocycles. The Balaban J connectivity index is 1.69. The minimum Gasteiger partial charge on any atom is -0.336 e. The fraction of sp³-hybridized carbons (Fsp3) is 0.357. The van der Waals surface area contributed by atoms with E-state index in [1.54, 1.807) is 6.92 Å². The van der Waals surface area contributed by atoms with Gasteiger partial charge in [-0.05, 0) is 31.9 Å². The van der Waals surface area contributed by atoms with Crippen molar-refractivity contribution in [1.29, 1.82) is 0 Å². The van der Waals surface area contributed by atoms with Gasteiger partial charge in [0.25, 0.3) is 0 Å². The number of benzene rings is 1. The molecule has 128 valence electrons. The molecule has 3 rings (SSSR count). The summed E-state index contributed by atoms with van der Waals surface area (Å²) in [7, 11) is 0. The Labute approximate surface area is 158 Å².